The molecule has 2 rings (SSSR count). The van der Waals surface area contributed by atoms with Crippen molar-refractivity contribution in [3.8, 4) is 0 Å². The molecule has 20 heavy (non-hydrogen) atoms. The van der Waals surface area contributed by atoms with Crippen molar-refractivity contribution in [3.63, 3.8) is 0 Å². The lowest BCUT2D eigenvalue weighted by Gasteiger charge is -2.05. The van der Waals surface area contributed by atoms with Crippen molar-refractivity contribution in [3.05, 3.63) is 65.2 Å². The van der Waals surface area contributed by atoms with Gasteiger partial charge in [0.2, 0.25) is 0 Å². The Morgan fingerprint density at radius 3 is 2.20 bits per heavy atom. The van der Waals surface area contributed by atoms with E-state index < -0.39 is 5.97 Å². The number of rotatable bonds is 4. The van der Waals surface area contributed by atoms with E-state index in [1.165, 1.54) is 17.7 Å². The summed E-state index contributed by atoms with van der Waals surface area (Å²) < 4.78 is 0. The molecule has 0 radical (unpaired) electrons. The number of aromatic carboxylic acids is 1. The van der Waals surface area contributed by atoms with Gasteiger partial charge in [0, 0.05) is 0 Å². The van der Waals surface area contributed by atoms with E-state index in [0.717, 1.165) is 5.56 Å². The monoisotopic (exact) mass is 268 g/mol. The SMILES string of the molecule is Cc1ccc(C(C)N=Nc2ccc(C(=O)O)cc2)cc1. The Balaban J connectivity index is 2.08. The standard InChI is InChI=1S/C16H16N2O2/c1-11-3-5-13(6-4-11)12(2)17-18-15-9-7-14(8-10-15)16(19)20/h3-10,12H,1-2H3,(H,19,20). The predicted molar refractivity (Wildman–Crippen MR) is 77.5 cm³/mol. The van der Waals surface area contributed by atoms with Crippen molar-refractivity contribution in [1.29, 1.82) is 0 Å². The number of hydrogen-bond acceptors (Lipinski definition) is 3. The van der Waals surface area contributed by atoms with Crippen molar-refractivity contribution in [2.75, 3.05) is 0 Å². The van der Waals surface area contributed by atoms with Crippen LogP contribution in [0.25, 0.3) is 0 Å². The van der Waals surface area contributed by atoms with Crippen LogP contribution >= 0.6 is 0 Å². The van der Waals surface area contributed by atoms with Crippen molar-refractivity contribution in [1.82, 2.24) is 0 Å². The molecule has 2 aromatic rings. The van der Waals surface area contributed by atoms with E-state index in [2.05, 4.69) is 10.2 Å². The molecule has 0 aliphatic rings. The summed E-state index contributed by atoms with van der Waals surface area (Å²) in [5, 5.41) is 17.2. The number of aryl methyl sites for hydroxylation is 1. The van der Waals surface area contributed by atoms with Gasteiger partial charge in [-0.2, -0.15) is 10.2 Å². The first-order valence-corrected chi connectivity index (χ1v) is 6.37. The van der Waals surface area contributed by atoms with Crippen molar-refractivity contribution in [2.24, 2.45) is 10.2 Å². The minimum atomic E-state index is -0.943. The van der Waals surface area contributed by atoms with E-state index in [-0.39, 0.29) is 11.6 Å². The van der Waals surface area contributed by atoms with Gasteiger partial charge in [-0.05, 0) is 43.7 Å². The quantitative estimate of drug-likeness (QED) is 0.827. The van der Waals surface area contributed by atoms with E-state index in [4.69, 9.17) is 5.11 Å². The largest absolute Gasteiger partial charge is 0.478 e. The van der Waals surface area contributed by atoms with Gasteiger partial charge < -0.3 is 5.11 Å². The molecule has 0 amide bonds. The van der Waals surface area contributed by atoms with Gasteiger partial charge in [0.25, 0.3) is 0 Å². The van der Waals surface area contributed by atoms with Crippen LogP contribution in [0.5, 0.6) is 0 Å². The Hall–Kier alpha value is -2.49. The average molecular weight is 268 g/mol. The van der Waals surface area contributed by atoms with Crippen LogP contribution in [0.1, 0.15) is 34.5 Å². The van der Waals surface area contributed by atoms with Crippen molar-refractivity contribution >= 4 is 11.7 Å². The molecule has 102 valence electrons. The maximum atomic E-state index is 10.7. The molecule has 0 fully saturated rings. The van der Waals surface area contributed by atoms with Crippen LogP contribution in [0.15, 0.2) is 58.8 Å². The van der Waals surface area contributed by atoms with E-state index in [1.54, 1.807) is 12.1 Å². The van der Waals surface area contributed by atoms with Crippen molar-refractivity contribution < 1.29 is 9.90 Å². The van der Waals surface area contributed by atoms with Gasteiger partial charge in [-0.1, -0.05) is 29.8 Å². The molecule has 1 unspecified atom stereocenters. The van der Waals surface area contributed by atoms with Gasteiger partial charge >= 0.3 is 5.97 Å². The highest BCUT2D eigenvalue weighted by molar-refractivity contribution is 5.87. The molecule has 0 spiro atoms. The molecule has 0 aromatic heterocycles. The molecule has 2 aromatic carbocycles. The summed E-state index contributed by atoms with van der Waals surface area (Å²) in [5.74, 6) is -0.943. The molecule has 4 heteroatoms. The van der Waals surface area contributed by atoms with Crippen LogP contribution in [0, 0.1) is 6.92 Å². The number of carboxylic acid groups (broad SMARTS) is 1. The number of nitrogens with zero attached hydrogens (tertiary/aromatic N) is 2. The van der Waals surface area contributed by atoms with Gasteiger partial charge in [-0.15, -0.1) is 0 Å². The summed E-state index contributed by atoms with van der Waals surface area (Å²) in [6.07, 6.45) is 0. The Bertz CT molecular complexity index is 616. The highest BCUT2D eigenvalue weighted by atomic mass is 16.4. The molecule has 0 aliphatic heterocycles. The van der Waals surface area contributed by atoms with E-state index in [1.807, 2.05) is 38.1 Å². The summed E-state index contributed by atoms with van der Waals surface area (Å²) in [4.78, 5) is 10.7. The van der Waals surface area contributed by atoms with Gasteiger partial charge in [0.05, 0.1) is 17.3 Å². The fourth-order valence-corrected chi connectivity index (χ4v) is 1.74. The van der Waals surface area contributed by atoms with Crippen LogP contribution in [0.3, 0.4) is 0 Å². The second kappa shape index (κ2) is 6.10. The normalized spacial score (nSPS) is 12.5. The molecule has 4 nitrogen and oxygen atoms in total. The fraction of sp³-hybridized carbons (Fsp3) is 0.188. The van der Waals surface area contributed by atoms with Gasteiger partial charge in [0.15, 0.2) is 0 Å². The average Bonchev–Trinajstić information content (AvgIpc) is 2.46. The zero-order valence-corrected chi connectivity index (χ0v) is 11.4. The van der Waals surface area contributed by atoms with Crippen molar-refractivity contribution in [2.45, 2.75) is 19.9 Å². The van der Waals surface area contributed by atoms with Crippen LogP contribution in [-0.4, -0.2) is 11.1 Å². The summed E-state index contributed by atoms with van der Waals surface area (Å²) in [5.41, 5.74) is 3.20. The third-order valence-electron chi connectivity index (χ3n) is 3.02. The zero-order chi connectivity index (χ0) is 14.5. The zero-order valence-electron chi connectivity index (χ0n) is 11.4. The fourth-order valence-electron chi connectivity index (χ4n) is 1.74. The lowest BCUT2D eigenvalue weighted by molar-refractivity contribution is 0.0697. The maximum Gasteiger partial charge on any atom is 0.335 e. The number of hydrogen-bond donors (Lipinski definition) is 1. The highest BCUT2D eigenvalue weighted by Gasteiger charge is 2.04. The Labute approximate surface area is 117 Å². The summed E-state index contributed by atoms with van der Waals surface area (Å²) in [7, 11) is 0. The number of benzene rings is 2. The minimum absolute atomic E-state index is 0.0326. The lowest BCUT2D eigenvalue weighted by Crippen LogP contribution is -1.94. The number of carbonyl (C=O) groups is 1. The molecule has 0 heterocycles. The molecular weight excluding hydrogens is 252 g/mol. The Kier molecular flexibility index (Phi) is 4.25. The summed E-state index contributed by atoms with van der Waals surface area (Å²) in [6, 6.07) is 14.5. The van der Waals surface area contributed by atoms with Crippen LogP contribution in [0.2, 0.25) is 0 Å². The first-order valence-electron chi connectivity index (χ1n) is 6.37. The predicted octanol–water partition coefficient (Wildman–Crippen LogP) is 4.54. The lowest BCUT2D eigenvalue weighted by atomic mass is 10.1. The third kappa shape index (κ3) is 3.51. The smallest absolute Gasteiger partial charge is 0.335 e. The molecular formula is C16H16N2O2. The van der Waals surface area contributed by atoms with Gasteiger partial charge in [-0.25, -0.2) is 4.79 Å². The topological polar surface area (TPSA) is 62.0 Å². The molecule has 0 saturated heterocycles. The first-order chi connectivity index (χ1) is 9.56. The molecule has 1 N–H and O–H groups in total. The number of carboxylic acids is 1. The Morgan fingerprint density at radius 1 is 1.05 bits per heavy atom. The van der Waals surface area contributed by atoms with E-state index >= 15 is 0 Å². The molecule has 0 saturated carbocycles. The number of azo groups is 1. The van der Waals surface area contributed by atoms with Gasteiger partial charge in [-0.3, -0.25) is 0 Å². The van der Waals surface area contributed by atoms with Crippen LogP contribution in [0.4, 0.5) is 5.69 Å². The van der Waals surface area contributed by atoms with Crippen LogP contribution < -0.4 is 0 Å². The highest BCUT2D eigenvalue weighted by Crippen LogP contribution is 2.21. The second-order valence-corrected chi connectivity index (χ2v) is 4.65. The molecule has 1 atom stereocenters. The second-order valence-electron chi connectivity index (χ2n) is 4.65. The van der Waals surface area contributed by atoms with E-state index in [0.29, 0.717) is 5.69 Å². The summed E-state index contributed by atoms with van der Waals surface area (Å²) >= 11 is 0. The Morgan fingerprint density at radius 2 is 1.65 bits per heavy atom. The van der Waals surface area contributed by atoms with Crippen LogP contribution in [-0.2, 0) is 0 Å². The maximum absolute atomic E-state index is 10.7. The molecule has 0 aliphatic carbocycles. The summed E-state index contributed by atoms with van der Waals surface area (Å²) in [6.45, 7) is 4.01. The van der Waals surface area contributed by atoms with E-state index in [9.17, 15) is 4.79 Å². The van der Waals surface area contributed by atoms with Gasteiger partial charge in [0.1, 0.15) is 0 Å². The minimum Gasteiger partial charge on any atom is -0.478 e. The molecule has 0 bridgehead atoms. The third-order valence-corrected chi connectivity index (χ3v) is 3.02. The first kappa shape index (κ1) is 13.9.